The first kappa shape index (κ1) is 19.4. The number of fused-ring (bicyclic) bond motifs is 2. The number of aryl methyl sites for hydroxylation is 1. The molecule has 1 amide bonds. The number of likely N-dealkylation sites (tertiary alicyclic amines) is 1. The van der Waals surface area contributed by atoms with E-state index in [0.29, 0.717) is 48.1 Å². The summed E-state index contributed by atoms with van der Waals surface area (Å²) in [6.45, 7) is 2.68. The van der Waals surface area contributed by atoms with E-state index in [1.54, 1.807) is 29.8 Å². The molecule has 5 rings (SSSR count). The van der Waals surface area contributed by atoms with Crippen LogP contribution in [0.5, 0.6) is 0 Å². The number of carbonyl (C=O) groups is 1. The van der Waals surface area contributed by atoms with Gasteiger partial charge in [0.15, 0.2) is 11.5 Å². The molecule has 1 aliphatic heterocycles. The third-order valence-electron chi connectivity index (χ3n) is 5.91. The Balaban J connectivity index is 1.49. The van der Waals surface area contributed by atoms with Crippen molar-refractivity contribution >= 4 is 22.6 Å². The lowest BCUT2D eigenvalue weighted by Crippen LogP contribution is -2.36. The monoisotopic (exact) mass is 422 g/mol. The van der Waals surface area contributed by atoms with E-state index in [1.807, 2.05) is 12.1 Å². The molecule has 6 nitrogen and oxygen atoms in total. The van der Waals surface area contributed by atoms with E-state index >= 15 is 4.39 Å². The highest BCUT2D eigenvalue weighted by molar-refractivity contribution is 5.85. The molecule has 1 aliphatic rings. The fraction of sp³-hybridized carbons (Fsp3) is 0.261. The number of benzene rings is 1. The first-order chi connectivity index (χ1) is 14.9. The van der Waals surface area contributed by atoms with Crippen molar-refractivity contribution in [3.63, 3.8) is 0 Å². The zero-order chi connectivity index (χ0) is 21.7. The molecule has 158 valence electrons. The van der Waals surface area contributed by atoms with Gasteiger partial charge in [0.1, 0.15) is 11.3 Å². The lowest BCUT2D eigenvalue weighted by atomic mass is 9.92. The second kappa shape index (κ2) is 7.30. The number of pyridine rings is 2. The summed E-state index contributed by atoms with van der Waals surface area (Å²) in [5, 5.41) is 9.73. The standard InChI is InChI=1S/C23H20F2N4O2/c1-13-11-29-12-17(10-19(25)22(29)26-13)16-8-15-2-3-20(27-21(15)18(24)9-16)14-4-6-28(7-5-14)23(30)31/h2-3,8-12,14H,4-7H2,1H3,(H,30,31). The van der Waals surface area contributed by atoms with Gasteiger partial charge in [-0.15, -0.1) is 0 Å². The molecule has 0 radical (unpaired) electrons. The Morgan fingerprint density at radius 2 is 1.77 bits per heavy atom. The van der Waals surface area contributed by atoms with E-state index in [1.165, 1.54) is 17.0 Å². The number of rotatable bonds is 2. The SMILES string of the molecule is Cc1cn2cc(-c3cc(F)c4nc(C5CCN(C(=O)O)CC5)ccc4c3)cc(F)c2n1. The van der Waals surface area contributed by atoms with Crippen LogP contribution in [0.3, 0.4) is 0 Å². The fourth-order valence-corrected chi connectivity index (χ4v) is 4.30. The van der Waals surface area contributed by atoms with Gasteiger partial charge in [-0.1, -0.05) is 6.07 Å². The average Bonchev–Trinajstić information content (AvgIpc) is 3.14. The Labute approximate surface area is 176 Å². The predicted molar refractivity (Wildman–Crippen MR) is 112 cm³/mol. The molecule has 31 heavy (non-hydrogen) atoms. The molecule has 1 aromatic carbocycles. The summed E-state index contributed by atoms with van der Waals surface area (Å²) < 4.78 is 31.1. The van der Waals surface area contributed by atoms with Crippen molar-refractivity contribution < 1.29 is 18.7 Å². The van der Waals surface area contributed by atoms with Crippen LogP contribution in [0.4, 0.5) is 13.6 Å². The van der Waals surface area contributed by atoms with Gasteiger partial charge >= 0.3 is 6.09 Å². The average molecular weight is 422 g/mol. The Morgan fingerprint density at radius 3 is 2.52 bits per heavy atom. The number of amides is 1. The molecule has 0 bridgehead atoms. The molecule has 1 fully saturated rings. The third-order valence-corrected chi connectivity index (χ3v) is 5.91. The number of halogens is 2. The fourth-order valence-electron chi connectivity index (χ4n) is 4.30. The number of imidazole rings is 1. The summed E-state index contributed by atoms with van der Waals surface area (Å²) in [5.74, 6) is -0.841. The van der Waals surface area contributed by atoms with Crippen LogP contribution >= 0.6 is 0 Å². The van der Waals surface area contributed by atoms with Crippen molar-refractivity contribution in [3.05, 3.63) is 65.7 Å². The highest BCUT2D eigenvalue weighted by Gasteiger charge is 2.24. The van der Waals surface area contributed by atoms with E-state index in [4.69, 9.17) is 5.11 Å². The van der Waals surface area contributed by atoms with Crippen molar-refractivity contribution in [2.75, 3.05) is 13.1 Å². The molecule has 4 aromatic rings. The molecule has 8 heteroatoms. The molecule has 3 aromatic heterocycles. The number of hydrogen-bond donors (Lipinski definition) is 1. The minimum Gasteiger partial charge on any atom is -0.465 e. The topological polar surface area (TPSA) is 70.7 Å². The van der Waals surface area contributed by atoms with Gasteiger partial charge in [0.2, 0.25) is 0 Å². The van der Waals surface area contributed by atoms with Gasteiger partial charge in [0.05, 0.1) is 5.69 Å². The smallest absolute Gasteiger partial charge is 0.407 e. The molecule has 0 spiro atoms. The summed E-state index contributed by atoms with van der Waals surface area (Å²) in [6, 6.07) is 8.23. The van der Waals surface area contributed by atoms with E-state index in [-0.39, 0.29) is 17.1 Å². The quantitative estimate of drug-likeness (QED) is 0.494. The number of aromatic nitrogens is 3. The maximum absolute atomic E-state index is 15.0. The maximum atomic E-state index is 15.0. The van der Waals surface area contributed by atoms with Gasteiger partial charge < -0.3 is 14.4 Å². The van der Waals surface area contributed by atoms with E-state index in [2.05, 4.69) is 9.97 Å². The summed E-state index contributed by atoms with van der Waals surface area (Å²) >= 11 is 0. The molecule has 0 saturated carbocycles. The van der Waals surface area contributed by atoms with Crippen LogP contribution in [0.15, 0.2) is 42.7 Å². The van der Waals surface area contributed by atoms with Gasteiger partial charge in [-0.05, 0) is 49.6 Å². The van der Waals surface area contributed by atoms with Crippen LogP contribution in [0.1, 0.15) is 30.1 Å². The van der Waals surface area contributed by atoms with Gasteiger partial charge in [-0.25, -0.2) is 23.5 Å². The highest BCUT2D eigenvalue weighted by atomic mass is 19.1. The zero-order valence-electron chi connectivity index (χ0n) is 16.8. The molecular weight excluding hydrogens is 402 g/mol. The normalized spacial score (nSPS) is 15.1. The molecular formula is C23H20F2N4O2. The first-order valence-corrected chi connectivity index (χ1v) is 10.1. The molecule has 1 saturated heterocycles. The largest absolute Gasteiger partial charge is 0.465 e. The van der Waals surface area contributed by atoms with E-state index < -0.39 is 17.7 Å². The minimum absolute atomic E-state index is 0.0973. The number of piperidine rings is 1. The molecule has 0 atom stereocenters. The van der Waals surface area contributed by atoms with Gasteiger partial charge in [-0.3, -0.25) is 0 Å². The lowest BCUT2D eigenvalue weighted by molar-refractivity contribution is 0.132. The summed E-state index contributed by atoms with van der Waals surface area (Å²) in [5.41, 5.74) is 3.08. The van der Waals surface area contributed by atoms with E-state index in [0.717, 1.165) is 5.69 Å². The first-order valence-electron chi connectivity index (χ1n) is 10.1. The lowest BCUT2D eigenvalue weighted by Gasteiger charge is -2.29. The number of hydrogen-bond acceptors (Lipinski definition) is 3. The van der Waals surface area contributed by atoms with Crippen molar-refractivity contribution in [2.24, 2.45) is 0 Å². The summed E-state index contributed by atoms with van der Waals surface area (Å²) in [4.78, 5) is 21.2. The highest BCUT2D eigenvalue weighted by Crippen LogP contribution is 2.31. The Bertz CT molecular complexity index is 1330. The predicted octanol–water partition coefficient (Wildman–Crippen LogP) is 4.99. The van der Waals surface area contributed by atoms with Crippen LogP contribution in [-0.4, -0.2) is 43.6 Å². The van der Waals surface area contributed by atoms with Crippen molar-refractivity contribution in [1.29, 1.82) is 0 Å². The maximum Gasteiger partial charge on any atom is 0.407 e. The zero-order valence-corrected chi connectivity index (χ0v) is 16.8. The van der Waals surface area contributed by atoms with Crippen LogP contribution in [-0.2, 0) is 0 Å². The van der Waals surface area contributed by atoms with Crippen LogP contribution in [0.2, 0.25) is 0 Å². The number of carboxylic acid groups (broad SMARTS) is 1. The Kier molecular flexibility index (Phi) is 4.57. The van der Waals surface area contributed by atoms with Crippen LogP contribution in [0, 0.1) is 18.6 Å². The van der Waals surface area contributed by atoms with Gasteiger partial charge in [0.25, 0.3) is 0 Å². The number of nitrogens with zero attached hydrogens (tertiary/aromatic N) is 4. The Morgan fingerprint density at radius 1 is 1.03 bits per heavy atom. The Hall–Kier alpha value is -3.55. The summed E-state index contributed by atoms with van der Waals surface area (Å²) in [7, 11) is 0. The molecule has 4 heterocycles. The van der Waals surface area contributed by atoms with Gasteiger partial charge in [-0.2, -0.15) is 0 Å². The van der Waals surface area contributed by atoms with Crippen molar-refractivity contribution in [2.45, 2.75) is 25.7 Å². The van der Waals surface area contributed by atoms with Crippen LogP contribution < -0.4 is 0 Å². The van der Waals surface area contributed by atoms with Crippen molar-refractivity contribution in [3.8, 4) is 11.1 Å². The summed E-state index contributed by atoms with van der Waals surface area (Å²) in [6.07, 6.45) is 3.87. The molecule has 1 N–H and O–H groups in total. The molecule has 0 unspecified atom stereocenters. The second-order valence-electron chi connectivity index (χ2n) is 8.00. The second-order valence-corrected chi connectivity index (χ2v) is 8.00. The van der Waals surface area contributed by atoms with Crippen molar-refractivity contribution in [1.82, 2.24) is 19.3 Å². The third kappa shape index (κ3) is 3.48. The van der Waals surface area contributed by atoms with Crippen LogP contribution in [0.25, 0.3) is 27.7 Å². The van der Waals surface area contributed by atoms with Gasteiger partial charge in [0, 0.05) is 48.0 Å². The van der Waals surface area contributed by atoms with E-state index in [9.17, 15) is 9.18 Å². The minimum atomic E-state index is -0.913. The molecule has 0 aliphatic carbocycles.